The molecule has 31 heavy (non-hydrogen) atoms. The first kappa shape index (κ1) is 21.1. The highest BCUT2D eigenvalue weighted by molar-refractivity contribution is 5.94. The minimum atomic E-state index is -0.437. The van der Waals surface area contributed by atoms with E-state index in [1.54, 1.807) is 0 Å². The molecule has 2 heterocycles. The van der Waals surface area contributed by atoms with Crippen LogP contribution in [0.4, 0.5) is 4.39 Å². The van der Waals surface area contributed by atoms with Crippen molar-refractivity contribution in [3.8, 4) is 5.75 Å². The van der Waals surface area contributed by atoms with E-state index in [1.165, 1.54) is 36.4 Å². The van der Waals surface area contributed by atoms with E-state index in [0.29, 0.717) is 24.1 Å². The summed E-state index contributed by atoms with van der Waals surface area (Å²) in [5.74, 6) is -0.432. The summed E-state index contributed by atoms with van der Waals surface area (Å²) >= 11 is 0. The summed E-state index contributed by atoms with van der Waals surface area (Å²) in [5, 5.41) is 13.9. The molecular weight excluding hydrogens is 399 g/mol. The van der Waals surface area contributed by atoms with Crippen molar-refractivity contribution in [2.75, 3.05) is 13.1 Å². The molecule has 1 fully saturated rings. The Hall–Kier alpha value is -3.19. The third-order valence-corrected chi connectivity index (χ3v) is 5.83. The van der Waals surface area contributed by atoms with Crippen molar-refractivity contribution >= 4 is 16.9 Å². The average Bonchev–Trinajstić information content (AvgIpc) is 2.75. The topological polar surface area (TPSA) is 82.8 Å². The van der Waals surface area contributed by atoms with E-state index in [4.69, 9.17) is 4.42 Å². The predicted molar refractivity (Wildman–Crippen MR) is 116 cm³/mol. The van der Waals surface area contributed by atoms with Crippen LogP contribution in [0.25, 0.3) is 11.0 Å². The van der Waals surface area contributed by atoms with Crippen LogP contribution in [0.3, 0.4) is 0 Å². The van der Waals surface area contributed by atoms with Crippen LogP contribution in [0.2, 0.25) is 0 Å². The smallest absolute Gasteiger partial charge is 0.336 e. The van der Waals surface area contributed by atoms with Gasteiger partial charge in [0.2, 0.25) is 0 Å². The number of aryl methyl sites for hydroxylation is 1. The zero-order chi connectivity index (χ0) is 22.0. The Labute approximate surface area is 179 Å². The summed E-state index contributed by atoms with van der Waals surface area (Å²) in [6.07, 6.45) is 2.25. The quantitative estimate of drug-likeness (QED) is 0.612. The molecule has 1 aromatic heterocycles. The van der Waals surface area contributed by atoms with E-state index in [-0.39, 0.29) is 23.5 Å². The highest BCUT2D eigenvalue weighted by Gasteiger charge is 2.22. The fourth-order valence-electron chi connectivity index (χ4n) is 4.07. The van der Waals surface area contributed by atoms with Crippen molar-refractivity contribution in [1.82, 2.24) is 10.2 Å². The Morgan fingerprint density at radius 1 is 1.16 bits per heavy atom. The van der Waals surface area contributed by atoms with Crippen LogP contribution >= 0.6 is 0 Å². The number of nitrogens with zero attached hydrogens (tertiary/aromatic N) is 1. The second-order valence-corrected chi connectivity index (χ2v) is 7.95. The predicted octanol–water partition coefficient (Wildman–Crippen LogP) is 3.59. The fraction of sp³-hybridized carbons (Fsp3) is 0.333. The van der Waals surface area contributed by atoms with E-state index >= 15 is 0 Å². The van der Waals surface area contributed by atoms with Gasteiger partial charge in [0.1, 0.15) is 17.1 Å². The molecule has 162 valence electrons. The number of likely N-dealkylation sites (tertiary alicyclic amines) is 1. The van der Waals surface area contributed by atoms with E-state index in [1.807, 2.05) is 13.0 Å². The van der Waals surface area contributed by atoms with Gasteiger partial charge in [0, 0.05) is 48.8 Å². The van der Waals surface area contributed by atoms with Gasteiger partial charge in [0.25, 0.3) is 5.91 Å². The second-order valence-electron chi connectivity index (χ2n) is 7.95. The lowest BCUT2D eigenvalue weighted by atomic mass is 10.0. The van der Waals surface area contributed by atoms with Crippen molar-refractivity contribution in [3.05, 3.63) is 75.4 Å². The van der Waals surface area contributed by atoms with Crippen molar-refractivity contribution in [3.63, 3.8) is 0 Å². The van der Waals surface area contributed by atoms with Crippen LogP contribution in [0.1, 0.15) is 41.3 Å². The minimum absolute atomic E-state index is 0.0510. The number of hydrogen-bond acceptors (Lipinski definition) is 5. The number of piperidine rings is 1. The molecule has 0 atom stereocenters. The van der Waals surface area contributed by atoms with Crippen LogP contribution in [0.5, 0.6) is 5.75 Å². The average molecular weight is 424 g/mol. The molecule has 6 nitrogen and oxygen atoms in total. The standard InChI is InChI=1S/C24H25FN2O4/c1-2-15-11-20-17(12-23(29)31-22(20)13-21(15)28)14-27-9-7-19(8-10-27)26-24(30)16-3-5-18(25)6-4-16/h3-6,11-13,19,28H,2,7-10,14H2,1H3,(H,26,30). The molecule has 2 aromatic carbocycles. The number of hydrogen-bond donors (Lipinski definition) is 2. The van der Waals surface area contributed by atoms with Gasteiger partial charge in [0.05, 0.1) is 0 Å². The minimum Gasteiger partial charge on any atom is -0.508 e. The number of phenols is 1. The van der Waals surface area contributed by atoms with Crippen LogP contribution in [0.15, 0.2) is 51.7 Å². The maximum Gasteiger partial charge on any atom is 0.336 e. The monoisotopic (exact) mass is 424 g/mol. The maximum atomic E-state index is 13.0. The number of nitrogens with one attached hydrogen (secondary N) is 1. The molecule has 0 spiro atoms. The number of halogens is 1. The molecule has 0 saturated carbocycles. The normalized spacial score (nSPS) is 15.3. The van der Waals surface area contributed by atoms with Crippen molar-refractivity contribution < 1.29 is 18.7 Å². The highest BCUT2D eigenvalue weighted by atomic mass is 19.1. The molecule has 1 aliphatic heterocycles. The van der Waals surface area contributed by atoms with Gasteiger partial charge in [-0.3, -0.25) is 9.69 Å². The molecule has 0 aliphatic carbocycles. The number of amides is 1. The molecular formula is C24H25FN2O4. The van der Waals surface area contributed by atoms with Gasteiger partial charge in [-0.1, -0.05) is 6.92 Å². The Bertz CT molecular complexity index is 1150. The molecule has 7 heteroatoms. The van der Waals surface area contributed by atoms with Gasteiger partial charge in [-0.25, -0.2) is 9.18 Å². The maximum absolute atomic E-state index is 13.0. The second kappa shape index (κ2) is 8.89. The van der Waals surface area contributed by atoms with Crippen molar-refractivity contribution in [2.45, 2.75) is 38.8 Å². The van der Waals surface area contributed by atoms with E-state index in [9.17, 15) is 19.1 Å². The number of carbonyl (C=O) groups is 1. The Balaban J connectivity index is 1.42. The van der Waals surface area contributed by atoms with Gasteiger partial charge >= 0.3 is 5.63 Å². The summed E-state index contributed by atoms with van der Waals surface area (Å²) in [5.41, 5.74) is 2.08. The van der Waals surface area contributed by atoms with Gasteiger partial charge in [-0.05, 0) is 60.7 Å². The number of aromatic hydroxyl groups is 1. The first-order valence-corrected chi connectivity index (χ1v) is 10.5. The zero-order valence-corrected chi connectivity index (χ0v) is 17.4. The van der Waals surface area contributed by atoms with Crippen LogP contribution < -0.4 is 10.9 Å². The van der Waals surface area contributed by atoms with E-state index < -0.39 is 5.63 Å². The molecule has 3 aromatic rings. The van der Waals surface area contributed by atoms with Gasteiger partial charge in [-0.15, -0.1) is 0 Å². The summed E-state index contributed by atoms with van der Waals surface area (Å²) < 4.78 is 18.3. The lowest BCUT2D eigenvalue weighted by Crippen LogP contribution is -2.44. The molecule has 0 bridgehead atoms. The Kier molecular flexibility index (Phi) is 6.04. The lowest BCUT2D eigenvalue weighted by Gasteiger charge is -2.32. The largest absolute Gasteiger partial charge is 0.508 e. The molecule has 1 aliphatic rings. The molecule has 0 radical (unpaired) electrons. The summed E-state index contributed by atoms with van der Waals surface area (Å²) in [6.45, 7) is 4.10. The van der Waals surface area contributed by atoms with Crippen molar-refractivity contribution in [2.24, 2.45) is 0 Å². The Morgan fingerprint density at radius 2 is 1.87 bits per heavy atom. The molecule has 2 N–H and O–H groups in total. The summed E-state index contributed by atoms with van der Waals surface area (Å²) in [7, 11) is 0. The molecule has 0 unspecified atom stereocenters. The highest BCUT2D eigenvalue weighted by Crippen LogP contribution is 2.28. The number of fused-ring (bicyclic) bond motifs is 1. The van der Waals surface area contributed by atoms with Crippen molar-refractivity contribution in [1.29, 1.82) is 0 Å². The number of carbonyl (C=O) groups excluding carboxylic acids is 1. The van der Waals surface area contributed by atoms with Crippen LogP contribution in [0, 0.1) is 5.82 Å². The zero-order valence-electron chi connectivity index (χ0n) is 17.4. The van der Waals surface area contributed by atoms with Crippen LogP contribution in [-0.2, 0) is 13.0 Å². The van der Waals surface area contributed by atoms with Gasteiger partial charge in [0.15, 0.2) is 0 Å². The molecule has 1 amide bonds. The fourth-order valence-corrected chi connectivity index (χ4v) is 4.07. The number of rotatable bonds is 5. The Morgan fingerprint density at radius 3 is 2.55 bits per heavy atom. The molecule has 4 rings (SSSR count). The van der Waals surface area contributed by atoms with Gasteiger partial charge < -0.3 is 14.8 Å². The van der Waals surface area contributed by atoms with E-state index in [0.717, 1.165) is 42.4 Å². The van der Waals surface area contributed by atoms with E-state index in [2.05, 4.69) is 10.2 Å². The third-order valence-electron chi connectivity index (χ3n) is 5.83. The number of phenolic OH excluding ortho intramolecular Hbond substituents is 1. The SMILES string of the molecule is CCc1cc2c(CN3CCC(NC(=O)c4ccc(F)cc4)CC3)cc(=O)oc2cc1O. The lowest BCUT2D eigenvalue weighted by molar-refractivity contribution is 0.0909. The summed E-state index contributed by atoms with van der Waals surface area (Å²) in [6, 6.07) is 10.5. The van der Waals surface area contributed by atoms with Crippen LogP contribution in [-0.4, -0.2) is 35.0 Å². The summed E-state index contributed by atoms with van der Waals surface area (Å²) in [4.78, 5) is 26.6. The van der Waals surface area contributed by atoms with Gasteiger partial charge in [-0.2, -0.15) is 0 Å². The molecule has 1 saturated heterocycles. The third kappa shape index (κ3) is 4.77. The first-order valence-electron chi connectivity index (χ1n) is 10.5. The number of benzene rings is 2. The first-order chi connectivity index (χ1) is 14.9.